The third kappa shape index (κ3) is 45.9. The van der Waals surface area contributed by atoms with Crippen LogP contribution in [0.5, 0.6) is 0 Å². The summed E-state index contributed by atoms with van der Waals surface area (Å²) in [6.07, 6.45) is 35.5. The first kappa shape index (κ1) is 128. The molecule has 0 radical (unpaired) electrons. The van der Waals surface area contributed by atoms with Crippen LogP contribution in [-0.2, 0) is 55.8 Å². The van der Waals surface area contributed by atoms with Crippen molar-refractivity contribution < 1.29 is 0 Å². The molecule has 0 aliphatic carbocycles. The second-order valence-electron chi connectivity index (χ2n) is 48.5. The number of pyridine rings is 1. The van der Waals surface area contributed by atoms with E-state index in [1.807, 2.05) is 12.4 Å². The third-order valence-electron chi connectivity index (χ3n) is 29.3. The Bertz CT molecular complexity index is 5780. The van der Waals surface area contributed by atoms with Crippen LogP contribution in [0.3, 0.4) is 0 Å². The molecule has 3 nitrogen and oxygen atoms in total. The molecular weight excluding hydrogens is 1810 g/mol. The van der Waals surface area contributed by atoms with Crippen LogP contribution in [-0.4, -0.2) is 15.0 Å². The molecule has 0 saturated heterocycles. The van der Waals surface area contributed by atoms with E-state index in [0.29, 0.717) is 59.2 Å². The van der Waals surface area contributed by atoms with Gasteiger partial charge in [-0.15, -0.1) is 0 Å². The van der Waals surface area contributed by atoms with Crippen molar-refractivity contribution in [3.63, 3.8) is 0 Å². The Balaban J connectivity index is 0.000000262. The monoisotopic (exact) mass is 2020 g/mol. The van der Waals surface area contributed by atoms with E-state index in [2.05, 4.69) is 513 Å². The third-order valence-corrected chi connectivity index (χ3v) is 29.3. The van der Waals surface area contributed by atoms with E-state index in [9.17, 15) is 0 Å². The van der Waals surface area contributed by atoms with Crippen molar-refractivity contribution in [1.29, 1.82) is 0 Å². The lowest BCUT2D eigenvalue weighted by molar-refractivity contribution is 0.590. The van der Waals surface area contributed by atoms with Crippen LogP contribution in [0, 0.1) is 46.5 Å². The van der Waals surface area contributed by atoms with Gasteiger partial charge in [0.1, 0.15) is 0 Å². The van der Waals surface area contributed by atoms with Gasteiger partial charge in [-0.3, -0.25) is 4.98 Å². The summed E-state index contributed by atoms with van der Waals surface area (Å²) in [5, 5.41) is 0. The van der Waals surface area contributed by atoms with Crippen LogP contribution in [0.4, 0.5) is 0 Å². The maximum absolute atomic E-state index is 4.65. The molecule has 150 heavy (non-hydrogen) atoms. The molecule has 0 saturated carbocycles. The SMILES string of the molecule is CC(C)Cc1ccc(-c2ccc(C(C)C)cn2)cc1.CCCCCCCCc1ccc(C(C)C)c(CC)c1.CCCCCCCc1ccc(C(C)C)c(C)c1.CCCCCCc1ccc(C(C)C)c(C)c1.CCCCc1ccc(-c2ccc(C(C)C)cc2)cc1.Cc1cc(-c2ccc(C(C)(C)C)cc2)ccc1C(C)C.Cc1cc(-c2ccc(CC(C)C)cc2)ccc1C(C)C.Cc1nc(-c2ccc(C(C)(C)C)cc2)ncc1C(C)C. The lowest BCUT2D eigenvalue weighted by Crippen LogP contribution is -2.10. The molecule has 13 rings (SSSR count). The molecule has 0 fully saturated rings. The topological polar surface area (TPSA) is 38.7 Å². The highest BCUT2D eigenvalue weighted by Gasteiger charge is 2.19. The fourth-order valence-electron chi connectivity index (χ4n) is 19.8. The fraction of sp³-hybridized carbons (Fsp3) is 0.490. The standard InChI is InChI=1S/2C20H26.C19H24.C19H32.C18H24N2.C18H23N.C17H28.C16H26/c1-14(2)19-12-9-17(13-15(19)3)16-7-10-18(11-8-16)20(4,5)6;1-14(2)12-17-6-8-18(9-7-17)19-10-11-20(15(3)4)16(5)13-19;1-4-5-6-16-7-9-18(10-8-16)19-13-11-17(12-14-19)15(2)3;1-5-7-8-9-10-11-12-17-13-14-19(16(3)4)18(6-2)15-17;1-12(2)16-11-19-17(20-13(16)3)14-7-9-15(10-8-14)18(4,5)6;1-13(2)11-15-5-7-16(8-6-15)18-10-9-17(12-19-18)14(3)4;1-5-6-7-8-9-10-16-11-12-17(14(2)3)15(4)13-16;1-5-6-7-8-9-15-10-11-16(13(2)3)14(4)12-15/h7-14H,1-6H3;6-11,13-15H,12H2,1-5H3;7-15H,4-6H2,1-3H3;13-16H,5-12H2,1-4H3;7-12H,1-6H3;5-10,12-14H,11H2,1-4H3;11-14H,5-10H2,1-4H3;10-13H,5-9H2,1-4H3. The normalized spacial score (nSPS) is 11.4. The molecule has 3 heteroatoms. The van der Waals surface area contributed by atoms with E-state index in [1.165, 1.54) is 285 Å². The summed E-state index contributed by atoms with van der Waals surface area (Å²) >= 11 is 0. The van der Waals surface area contributed by atoms with Gasteiger partial charge in [0.2, 0.25) is 0 Å². The summed E-state index contributed by atoms with van der Waals surface area (Å²) in [6, 6.07) is 92.5. The summed E-state index contributed by atoms with van der Waals surface area (Å²) in [6.45, 7) is 80.6. The first-order chi connectivity index (χ1) is 71.3. The van der Waals surface area contributed by atoms with E-state index in [0.717, 1.165) is 42.0 Å². The first-order valence-corrected chi connectivity index (χ1v) is 59.2. The van der Waals surface area contributed by atoms with E-state index < -0.39 is 0 Å². The number of aryl methyl sites for hydroxylation is 10. The molecule has 11 aromatic carbocycles. The Morgan fingerprint density at radius 2 is 0.520 bits per heavy atom. The number of benzene rings is 11. The number of hydrogen-bond donors (Lipinski definition) is 0. The van der Waals surface area contributed by atoms with Gasteiger partial charge in [-0.1, -0.05) is 541 Å². The molecular formula is C147H209N3. The molecule has 13 aromatic rings. The smallest absolute Gasteiger partial charge is 0.159 e. The number of rotatable bonds is 39. The van der Waals surface area contributed by atoms with Crippen LogP contribution < -0.4 is 0 Å². The molecule has 2 aromatic heterocycles. The molecule has 0 aliphatic heterocycles. The zero-order chi connectivity index (χ0) is 111. The minimum Gasteiger partial charge on any atom is -0.256 e. The summed E-state index contributed by atoms with van der Waals surface area (Å²) < 4.78 is 0. The first-order valence-electron chi connectivity index (χ1n) is 59.2. The largest absolute Gasteiger partial charge is 0.256 e. The van der Waals surface area contributed by atoms with E-state index in [-0.39, 0.29) is 10.8 Å². The van der Waals surface area contributed by atoms with Crippen molar-refractivity contribution in [2.24, 2.45) is 11.8 Å². The predicted octanol–water partition coefficient (Wildman–Crippen LogP) is 45.0. The molecule has 0 unspecified atom stereocenters. The number of hydrogen-bond acceptors (Lipinski definition) is 3. The van der Waals surface area contributed by atoms with Gasteiger partial charge in [0.15, 0.2) is 5.82 Å². The molecule has 0 amide bonds. The van der Waals surface area contributed by atoms with Gasteiger partial charge in [0.05, 0.1) is 5.69 Å². The second-order valence-corrected chi connectivity index (χ2v) is 48.5. The van der Waals surface area contributed by atoms with Crippen molar-refractivity contribution in [2.45, 2.75) is 462 Å². The fourth-order valence-corrected chi connectivity index (χ4v) is 19.8. The van der Waals surface area contributed by atoms with E-state index >= 15 is 0 Å². The van der Waals surface area contributed by atoms with Gasteiger partial charge in [-0.05, 0) is 332 Å². The van der Waals surface area contributed by atoms with Crippen LogP contribution in [0.15, 0.2) is 261 Å². The van der Waals surface area contributed by atoms with Crippen LogP contribution in [0.2, 0.25) is 0 Å². The molecule has 0 aliphatic rings. The molecule has 0 spiro atoms. The van der Waals surface area contributed by atoms with Gasteiger partial charge >= 0.3 is 0 Å². The van der Waals surface area contributed by atoms with Crippen LogP contribution >= 0.6 is 0 Å². The van der Waals surface area contributed by atoms with E-state index in [1.54, 1.807) is 5.56 Å². The minimum absolute atomic E-state index is 0.177. The molecule has 2 heterocycles. The van der Waals surface area contributed by atoms with Gasteiger partial charge in [-0.2, -0.15) is 0 Å². The summed E-state index contributed by atoms with van der Waals surface area (Å²) in [4.78, 5) is 13.7. The van der Waals surface area contributed by atoms with Crippen LogP contribution in [0.25, 0.3) is 56.0 Å². The molecule has 0 bridgehead atoms. The van der Waals surface area contributed by atoms with Gasteiger partial charge in [-0.25, -0.2) is 9.97 Å². The number of unbranched alkanes of at least 4 members (excludes halogenated alkanes) is 13. The predicted molar refractivity (Wildman–Crippen MR) is 668 cm³/mol. The van der Waals surface area contributed by atoms with Gasteiger partial charge in [0.25, 0.3) is 0 Å². The average molecular weight is 2020 g/mol. The maximum atomic E-state index is 4.65. The Hall–Kier alpha value is -10.4. The van der Waals surface area contributed by atoms with Crippen molar-refractivity contribution in [2.75, 3.05) is 0 Å². The Morgan fingerprint density at radius 1 is 0.227 bits per heavy atom. The minimum atomic E-state index is 0.177. The number of aromatic nitrogens is 3. The highest BCUT2D eigenvalue weighted by atomic mass is 14.9. The Kier molecular flexibility index (Phi) is 57.5. The highest BCUT2D eigenvalue weighted by molar-refractivity contribution is 5.68. The van der Waals surface area contributed by atoms with E-state index in [4.69, 9.17) is 0 Å². The summed E-state index contributed by atoms with van der Waals surface area (Å²) in [7, 11) is 0. The quantitative estimate of drug-likeness (QED) is 0.0361. The van der Waals surface area contributed by atoms with Gasteiger partial charge in [0, 0.05) is 29.2 Å². The maximum Gasteiger partial charge on any atom is 0.159 e. The number of nitrogens with zero attached hydrogens (tertiary/aromatic N) is 3. The summed E-state index contributed by atoms with van der Waals surface area (Å²) in [5.41, 5.74) is 42.9. The zero-order valence-electron chi connectivity index (χ0n) is 102. The molecule has 0 atom stereocenters. The lowest BCUT2D eigenvalue weighted by atomic mass is 9.86. The Morgan fingerprint density at radius 3 is 0.853 bits per heavy atom. The van der Waals surface area contributed by atoms with Crippen LogP contribution in [0.1, 0.15) is 494 Å². The van der Waals surface area contributed by atoms with Crippen molar-refractivity contribution in [1.82, 2.24) is 15.0 Å². The Labute approximate surface area is 921 Å². The van der Waals surface area contributed by atoms with Crippen molar-refractivity contribution in [3.8, 4) is 56.0 Å². The highest BCUT2D eigenvalue weighted by Crippen LogP contribution is 2.35. The summed E-state index contributed by atoms with van der Waals surface area (Å²) in [5.74, 6) is 6.97. The average Bonchev–Trinajstić information content (AvgIpc) is 0.851. The van der Waals surface area contributed by atoms with Crippen molar-refractivity contribution in [3.05, 3.63) is 384 Å². The zero-order valence-corrected chi connectivity index (χ0v) is 102. The second kappa shape index (κ2) is 67.2. The molecule has 0 N–H and O–H groups in total. The van der Waals surface area contributed by atoms with Crippen molar-refractivity contribution >= 4 is 0 Å². The lowest BCUT2D eigenvalue weighted by Gasteiger charge is -2.19. The van der Waals surface area contributed by atoms with Gasteiger partial charge < -0.3 is 0 Å². The molecule has 812 valence electrons.